The van der Waals surface area contributed by atoms with Gasteiger partial charge in [0.15, 0.2) is 0 Å². The van der Waals surface area contributed by atoms with Gasteiger partial charge in [-0.1, -0.05) is 30.0 Å². The van der Waals surface area contributed by atoms with Gasteiger partial charge in [-0.05, 0) is 12.1 Å². The van der Waals surface area contributed by atoms with E-state index in [1.54, 1.807) is 30.5 Å². The number of esters is 1. The Morgan fingerprint density at radius 1 is 1.12 bits per heavy atom. The molecule has 2 aromatic heterocycles. The number of carbonyl (C=O) groups is 1. The highest BCUT2D eigenvalue weighted by Crippen LogP contribution is 2.21. The van der Waals surface area contributed by atoms with E-state index in [-0.39, 0.29) is 28.2 Å². The Kier molecular flexibility index (Phi) is 4.48. The molecular formula is C16H13N3O4S. The summed E-state index contributed by atoms with van der Waals surface area (Å²) < 4.78 is 5.73. The van der Waals surface area contributed by atoms with E-state index >= 15 is 0 Å². The summed E-state index contributed by atoms with van der Waals surface area (Å²) in [6, 6.07) is 11.7. The van der Waals surface area contributed by atoms with E-state index in [1.165, 1.54) is 31.0 Å². The van der Waals surface area contributed by atoms with E-state index in [9.17, 15) is 15.2 Å². The second-order valence-corrected chi connectivity index (χ2v) is 5.82. The van der Waals surface area contributed by atoms with Gasteiger partial charge in [-0.15, -0.1) is 4.73 Å². The van der Waals surface area contributed by atoms with Crippen molar-refractivity contribution < 1.29 is 19.0 Å². The SMILES string of the molecule is COC(=O)c1c(CSc2ccccn2)[n+]([O-])c2ccccc2[n+]1[O-]. The Morgan fingerprint density at radius 3 is 2.42 bits per heavy atom. The lowest BCUT2D eigenvalue weighted by molar-refractivity contribution is -0.635. The minimum absolute atomic E-state index is 0.0335. The molecule has 0 radical (unpaired) electrons. The number of rotatable bonds is 4. The van der Waals surface area contributed by atoms with Crippen molar-refractivity contribution in [3.8, 4) is 0 Å². The summed E-state index contributed by atoms with van der Waals surface area (Å²) in [5.41, 5.74) is 0.0251. The number of hydrogen-bond acceptors (Lipinski definition) is 6. The van der Waals surface area contributed by atoms with Crippen LogP contribution in [-0.4, -0.2) is 18.1 Å². The van der Waals surface area contributed by atoms with Gasteiger partial charge in [0, 0.05) is 18.3 Å². The first kappa shape index (κ1) is 16.0. The number of pyridine rings is 1. The molecule has 0 aliphatic carbocycles. The van der Waals surface area contributed by atoms with Crippen LogP contribution in [0.4, 0.5) is 0 Å². The summed E-state index contributed by atoms with van der Waals surface area (Å²) in [6.45, 7) is 0. The van der Waals surface area contributed by atoms with Crippen LogP contribution in [0, 0.1) is 10.4 Å². The minimum atomic E-state index is -0.850. The number of thioether (sulfide) groups is 1. The fraction of sp³-hybridized carbons (Fsp3) is 0.125. The number of carbonyl (C=O) groups excluding carboxylic acids is 1. The van der Waals surface area contributed by atoms with Crippen molar-refractivity contribution in [1.29, 1.82) is 0 Å². The van der Waals surface area contributed by atoms with Gasteiger partial charge in [-0.25, -0.2) is 9.78 Å². The average Bonchev–Trinajstić information content (AvgIpc) is 2.63. The molecule has 3 rings (SSSR count). The van der Waals surface area contributed by atoms with E-state index < -0.39 is 5.97 Å². The van der Waals surface area contributed by atoms with Crippen molar-refractivity contribution in [2.24, 2.45) is 0 Å². The molecule has 2 heterocycles. The molecule has 0 atom stereocenters. The van der Waals surface area contributed by atoms with Crippen LogP contribution in [0.25, 0.3) is 11.0 Å². The Hall–Kier alpha value is -2.87. The fourth-order valence-corrected chi connectivity index (χ4v) is 3.13. The van der Waals surface area contributed by atoms with E-state index in [4.69, 9.17) is 0 Å². The van der Waals surface area contributed by atoms with Gasteiger partial charge < -0.3 is 15.2 Å². The summed E-state index contributed by atoms with van der Waals surface area (Å²) in [4.78, 5) is 16.2. The molecule has 3 aromatic rings. The van der Waals surface area contributed by atoms with Crippen molar-refractivity contribution >= 4 is 28.8 Å². The highest BCUT2D eigenvalue weighted by atomic mass is 32.2. The molecule has 0 aliphatic rings. The summed E-state index contributed by atoms with van der Waals surface area (Å²) in [6.07, 6.45) is 1.63. The molecule has 7 nitrogen and oxygen atoms in total. The number of hydrogen-bond donors (Lipinski definition) is 0. The largest absolute Gasteiger partial charge is 0.618 e. The molecule has 8 heteroatoms. The van der Waals surface area contributed by atoms with E-state index in [0.29, 0.717) is 14.5 Å². The Morgan fingerprint density at radius 2 is 1.79 bits per heavy atom. The number of aromatic nitrogens is 3. The van der Waals surface area contributed by atoms with Gasteiger partial charge in [0.05, 0.1) is 17.9 Å². The quantitative estimate of drug-likeness (QED) is 0.309. The second kappa shape index (κ2) is 6.71. The van der Waals surface area contributed by atoms with Crippen LogP contribution in [0.15, 0.2) is 53.7 Å². The van der Waals surface area contributed by atoms with Crippen LogP contribution in [-0.2, 0) is 10.5 Å². The highest BCUT2D eigenvalue weighted by Gasteiger charge is 2.34. The molecule has 1 aromatic carbocycles. The van der Waals surface area contributed by atoms with E-state index in [1.807, 2.05) is 6.07 Å². The maximum atomic E-state index is 12.7. The lowest BCUT2D eigenvalue weighted by Crippen LogP contribution is -2.47. The summed E-state index contributed by atoms with van der Waals surface area (Å²) in [7, 11) is 1.17. The molecule has 0 bridgehead atoms. The third-order valence-corrected chi connectivity index (χ3v) is 4.37. The van der Waals surface area contributed by atoms with Crippen LogP contribution in [0.5, 0.6) is 0 Å². The van der Waals surface area contributed by atoms with Crippen molar-refractivity contribution in [3.63, 3.8) is 0 Å². The Balaban J connectivity index is 2.13. The number of ether oxygens (including phenoxy) is 1. The van der Waals surface area contributed by atoms with Crippen LogP contribution >= 0.6 is 11.8 Å². The zero-order valence-corrected chi connectivity index (χ0v) is 13.5. The molecule has 0 spiro atoms. The third-order valence-electron chi connectivity index (χ3n) is 3.41. The minimum Gasteiger partial charge on any atom is -0.618 e. The van der Waals surface area contributed by atoms with Crippen molar-refractivity contribution in [1.82, 2.24) is 4.98 Å². The zero-order valence-electron chi connectivity index (χ0n) is 12.7. The molecule has 0 unspecified atom stereocenters. The van der Waals surface area contributed by atoms with E-state index in [0.717, 1.165) is 0 Å². The predicted octanol–water partition coefficient (Wildman–Crippen LogP) is 1.58. The predicted molar refractivity (Wildman–Crippen MR) is 87.0 cm³/mol. The summed E-state index contributed by atoms with van der Waals surface area (Å²) in [5.74, 6) is -0.741. The van der Waals surface area contributed by atoms with Crippen molar-refractivity contribution in [3.05, 3.63) is 70.5 Å². The van der Waals surface area contributed by atoms with Crippen LogP contribution in [0.3, 0.4) is 0 Å². The Labute approximate surface area is 141 Å². The topological polar surface area (TPSA) is 93.1 Å². The van der Waals surface area contributed by atoms with Gasteiger partial charge in [0.1, 0.15) is 0 Å². The number of para-hydroxylation sites is 2. The first-order valence-electron chi connectivity index (χ1n) is 7.02. The summed E-state index contributed by atoms with van der Waals surface area (Å²) >= 11 is 1.26. The smallest absolute Gasteiger partial charge is 0.411 e. The number of fused-ring (bicyclic) bond motifs is 1. The number of methoxy groups -OCH3 is 1. The van der Waals surface area contributed by atoms with Crippen molar-refractivity contribution in [2.45, 2.75) is 10.8 Å². The zero-order chi connectivity index (χ0) is 17.1. The normalized spacial score (nSPS) is 10.7. The van der Waals surface area contributed by atoms with Crippen molar-refractivity contribution in [2.75, 3.05) is 7.11 Å². The third kappa shape index (κ3) is 2.83. The first-order valence-corrected chi connectivity index (χ1v) is 8.01. The molecule has 122 valence electrons. The summed E-state index contributed by atoms with van der Waals surface area (Å²) in [5, 5.41) is 25.9. The van der Waals surface area contributed by atoms with Crippen LogP contribution in [0.1, 0.15) is 16.2 Å². The van der Waals surface area contributed by atoms with Crippen LogP contribution in [0.2, 0.25) is 0 Å². The number of nitrogens with zero attached hydrogens (tertiary/aromatic N) is 3. The second-order valence-electron chi connectivity index (χ2n) is 4.82. The van der Waals surface area contributed by atoms with Gasteiger partial charge in [-0.2, -0.15) is 4.73 Å². The van der Waals surface area contributed by atoms with Gasteiger partial charge in [0.2, 0.25) is 0 Å². The molecule has 0 N–H and O–H groups in total. The monoisotopic (exact) mass is 343 g/mol. The molecular weight excluding hydrogens is 330 g/mol. The fourth-order valence-electron chi connectivity index (χ4n) is 2.29. The Bertz CT molecular complexity index is 903. The van der Waals surface area contributed by atoms with Crippen LogP contribution < -0.4 is 9.46 Å². The molecule has 0 amide bonds. The molecule has 0 saturated heterocycles. The maximum absolute atomic E-state index is 12.7. The van der Waals surface area contributed by atoms with E-state index in [2.05, 4.69) is 9.72 Å². The van der Waals surface area contributed by atoms with Gasteiger partial charge >= 0.3 is 11.7 Å². The standard InChI is InChI=1S/C16H13N3O4S/c1-23-16(20)15-13(10-24-14-8-4-5-9-17-14)18(21)11-6-2-3-7-12(11)19(15)22/h2-9H,10H2,1H3. The highest BCUT2D eigenvalue weighted by molar-refractivity contribution is 7.98. The first-order chi connectivity index (χ1) is 11.6. The average molecular weight is 343 g/mol. The van der Waals surface area contributed by atoms with Gasteiger partial charge in [-0.3, -0.25) is 0 Å². The molecule has 0 fully saturated rings. The maximum Gasteiger partial charge on any atom is 0.411 e. The molecule has 0 saturated carbocycles. The lowest BCUT2D eigenvalue weighted by Gasteiger charge is -2.11. The molecule has 0 aliphatic heterocycles. The molecule has 24 heavy (non-hydrogen) atoms. The van der Waals surface area contributed by atoms with Gasteiger partial charge in [0.25, 0.3) is 16.7 Å². The lowest BCUT2D eigenvalue weighted by atomic mass is 10.2. The number of benzene rings is 1.